The topological polar surface area (TPSA) is 63.5 Å². The molecule has 0 bridgehead atoms. The molecule has 0 unspecified atom stereocenters. The van der Waals surface area contributed by atoms with Crippen LogP contribution < -0.4 is 14.2 Å². The molecule has 0 aliphatic carbocycles. The van der Waals surface area contributed by atoms with E-state index in [-0.39, 0.29) is 5.75 Å². The van der Waals surface area contributed by atoms with Crippen molar-refractivity contribution in [3.05, 3.63) is 46.5 Å². The Kier molecular flexibility index (Phi) is 6.43. The van der Waals surface area contributed by atoms with Crippen LogP contribution in [0.15, 0.2) is 29.3 Å². The molecule has 0 spiro atoms. The largest absolute Gasteiger partial charge is 0.504 e. The van der Waals surface area contributed by atoms with Gasteiger partial charge in [0.15, 0.2) is 23.0 Å². The van der Waals surface area contributed by atoms with Crippen molar-refractivity contribution < 1.29 is 19.3 Å². The van der Waals surface area contributed by atoms with E-state index in [2.05, 4.69) is 24.0 Å². The Bertz CT molecular complexity index is 1100. The van der Waals surface area contributed by atoms with Crippen molar-refractivity contribution in [2.24, 2.45) is 16.8 Å². The van der Waals surface area contributed by atoms with Crippen LogP contribution in [-0.4, -0.2) is 56.7 Å². The summed E-state index contributed by atoms with van der Waals surface area (Å²) in [6.45, 7) is 5.32. The van der Waals surface area contributed by atoms with Gasteiger partial charge in [0.05, 0.1) is 21.3 Å². The molecule has 2 aromatic carbocycles. The first-order valence-electron chi connectivity index (χ1n) is 12.5. The molecule has 1 saturated heterocycles. The van der Waals surface area contributed by atoms with Gasteiger partial charge in [-0.2, -0.15) is 0 Å². The molecule has 2 aromatic rings. The molecule has 0 radical (unpaired) electrons. The summed E-state index contributed by atoms with van der Waals surface area (Å²) in [6.07, 6.45) is 5.17. The van der Waals surface area contributed by atoms with Crippen molar-refractivity contribution in [2.75, 3.05) is 41.0 Å². The number of nitrogens with zero attached hydrogens (tertiary/aromatic N) is 2. The van der Waals surface area contributed by atoms with Gasteiger partial charge in [0.1, 0.15) is 0 Å². The second-order valence-electron chi connectivity index (χ2n) is 9.79. The van der Waals surface area contributed by atoms with Gasteiger partial charge in [-0.05, 0) is 78.5 Å². The fourth-order valence-electron chi connectivity index (χ4n) is 6.29. The van der Waals surface area contributed by atoms with Crippen molar-refractivity contribution in [2.45, 2.75) is 45.1 Å². The number of benzene rings is 2. The molecule has 3 heterocycles. The Morgan fingerprint density at radius 1 is 0.941 bits per heavy atom. The lowest BCUT2D eigenvalue weighted by atomic mass is 9.73. The van der Waals surface area contributed by atoms with Gasteiger partial charge in [0.25, 0.3) is 0 Å². The van der Waals surface area contributed by atoms with E-state index in [0.717, 1.165) is 62.4 Å². The molecule has 3 aliphatic rings. The van der Waals surface area contributed by atoms with Crippen LogP contribution in [0.25, 0.3) is 0 Å². The van der Waals surface area contributed by atoms with Crippen molar-refractivity contribution >= 4 is 5.71 Å². The number of phenolic OH excluding ortho intramolecular Hbond substituents is 1. The zero-order valence-electron chi connectivity index (χ0n) is 20.8. The van der Waals surface area contributed by atoms with E-state index < -0.39 is 0 Å². The summed E-state index contributed by atoms with van der Waals surface area (Å²) < 4.78 is 16.6. The summed E-state index contributed by atoms with van der Waals surface area (Å²) in [5.41, 5.74) is 6.26. The molecule has 0 aromatic heterocycles. The van der Waals surface area contributed by atoms with Crippen molar-refractivity contribution in [1.29, 1.82) is 0 Å². The van der Waals surface area contributed by atoms with E-state index >= 15 is 0 Å². The lowest BCUT2D eigenvalue weighted by molar-refractivity contribution is 0.0546. The molecule has 0 amide bonds. The lowest BCUT2D eigenvalue weighted by Crippen LogP contribution is -2.46. The molecule has 1 fully saturated rings. The quantitative estimate of drug-likeness (QED) is 0.665. The number of aliphatic imine (C=N–C) groups is 1. The van der Waals surface area contributed by atoms with Crippen LogP contribution in [0.2, 0.25) is 0 Å². The van der Waals surface area contributed by atoms with Gasteiger partial charge in [-0.15, -0.1) is 0 Å². The first kappa shape index (κ1) is 23.0. The molecule has 6 nitrogen and oxygen atoms in total. The normalized spacial score (nSPS) is 23.9. The Hall–Kier alpha value is -2.73. The zero-order valence-corrected chi connectivity index (χ0v) is 20.8. The summed E-state index contributed by atoms with van der Waals surface area (Å²) in [5, 5.41) is 10.3. The van der Waals surface area contributed by atoms with Crippen LogP contribution in [0, 0.1) is 11.8 Å². The maximum absolute atomic E-state index is 10.3. The fourth-order valence-corrected chi connectivity index (χ4v) is 6.29. The summed E-state index contributed by atoms with van der Waals surface area (Å²) in [5.74, 6) is 3.57. The van der Waals surface area contributed by atoms with Crippen LogP contribution in [0.5, 0.6) is 23.0 Å². The number of piperidine rings is 1. The van der Waals surface area contributed by atoms with Gasteiger partial charge in [-0.3, -0.25) is 9.89 Å². The number of methoxy groups -OCH3 is 3. The van der Waals surface area contributed by atoms with Gasteiger partial charge in [-0.1, -0.05) is 13.3 Å². The van der Waals surface area contributed by atoms with Crippen molar-refractivity contribution in [3.8, 4) is 23.0 Å². The smallest absolute Gasteiger partial charge is 0.161 e. The first-order valence-corrected chi connectivity index (χ1v) is 12.5. The van der Waals surface area contributed by atoms with Gasteiger partial charge in [0, 0.05) is 37.0 Å². The minimum atomic E-state index is 0.213. The van der Waals surface area contributed by atoms with Crippen LogP contribution in [0.3, 0.4) is 0 Å². The summed E-state index contributed by atoms with van der Waals surface area (Å²) in [7, 11) is 5.03. The highest BCUT2D eigenvalue weighted by Crippen LogP contribution is 2.46. The fraction of sp³-hybridized carbons (Fsp3) is 0.536. The zero-order chi connectivity index (χ0) is 23.8. The van der Waals surface area contributed by atoms with Gasteiger partial charge in [0.2, 0.25) is 0 Å². The standard InChI is InChI=1S/C28H36N2O4/c1-5-17-16-30-9-7-19-13-27(33-3)28(34-4)15-22(19)24(30)11-20(17)10-23-21-14-26(32-2)25(31)12-18(21)6-8-29-23/h12-15,17,20,24,31H,5-11,16H2,1-4H3/t17-,20-,24-/m0/s1. The van der Waals surface area contributed by atoms with E-state index in [0.29, 0.717) is 23.6 Å². The molecule has 1 N–H and O–H groups in total. The van der Waals surface area contributed by atoms with Crippen LogP contribution in [0.4, 0.5) is 0 Å². The van der Waals surface area contributed by atoms with Gasteiger partial charge >= 0.3 is 0 Å². The predicted octanol–water partition coefficient (Wildman–Crippen LogP) is 4.80. The van der Waals surface area contributed by atoms with E-state index in [1.807, 2.05) is 12.1 Å². The van der Waals surface area contributed by atoms with Crippen LogP contribution in [-0.2, 0) is 12.8 Å². The Labute approximate surface area is 202 Å². The number of hydrogen-bond donors (Lipinski definition) is 1. The van der Waals surface area contributed by atoms with E-state index in [1.165, 1.54) is 28.8 Å². The first-order chi connectivity index (χ1) is 16.6. The molecule has 182 valence electrons. The van der Waals surface area contributed by atoms with Crippen LogP contribution >= 0.6 is 0 Å². The summed E-state index contributed by atoms with van der Waals surface area (Å²) in [6, 6.07) is 8.61. The molecule has 34 heavy (non-hydrogen) atoms. The highest BCUT2D eigenvalue weighted by Gasteiger charge is 2.39. The maximum atomic E-state index is 10.3. The Morgan fingerprint density at radius 3 is 2.44 bits per heavy atom. The molecule has 3 aliphatic heterocycles. The second-order valence-corrected chi connectivity index (χ2v) is 9.79. The molecule has 6 heteroatoms. The number of rotatable bonds is 6. The number of fused-ring (bicyclic) bond motifs is 4. The highest BCUT2D eigenvalue weighted by molar-refractivity contribution is 6.03. The highest BCUT2D eigenvalue weighted by atomic mass is 16.5. The van der Waals surface area contributed by atoms with Crippen molar-refractivity contribution in [3.63, 3.8) is 0 Å². The number of phenols is 1. The third kappa shape index (κ3) is 4.02. The minimum Gasteiger partial charge on any atom is -0.504 e. The second kappa shape index (κ2) is 9.49. The lowest BCUT2D eigenvalue weighted by Gasteiger charge is -2.47. The monoisotopic (exact) mass is 464 g/mol. The number of aromatic hydroxyl groups is 1. The number of hydrogen-bond acceptors (Lipinski definition) is 6. The van der Waals surface area contributed by atoms with Crippen molar-refractivity contribution in [1.82, 2.24) is 4.90 Å². The van der Waals surface area contributed by atoms with Gasteiger partial charge in [-0.25, -0.2) is 0 Å². The van der Waals surface area contributed by atoms with E-state index in [4.69, 9.17) is 19.2 Å². The number of ether oxygens (including phenoxy) is 3. The van der Waals surface area contributed by atoms with E-state index in [9.17, 15) is 5.11 Å². The molecular formula is C28H36N2O4. The predicted molar refractivity (Wildman–Crippen MR) is 134 cm³/mol. The average molecular weight is 465 g/mol. The third-order valence-electron chi connectivity index (χ3n) is 8.15. The SMILES string of the molecule is CC[C@H]1CN2CCc3cc(OC)c(OC)cc3[C@@H]2C[C@@H]1CC1=NCCc2cc(O)c(OC)cc21. The molecule has 3 atom stereocenters. The Morgan fingerprint density at radius 2 is 1.71 bits per heavy atom. The summed E-state index contributed by atoms with van der Waals surface area (Å²) in [4.78, 5) is 7.64. The molecule has 5 rings (SSSR count). The Balaban J connectivity index is 1.45. The average Bonchev–Trinajstić information content (AvgIpc) is 2.87. The molecule has 0 saturated carbocycles. The van der Waals surface area contributed by atoms with Gasteiger partial charge < -0.3 is 19.3 Å². The maximum Gasteiger partial charge on any atom is 0.161 e. The van der Waals surface area contributed by atoms with E-state index in [1.54, 1.807) is 21.3 Å². The third-order valence-corrected chi connectivity index (χ3v) is 8.15. The molecular weight excluding hydrogens is 428 g/mol. The minimum absolute atomic E-state index is 0.213. The van der Waals surface area contributed by atoms with Crippen LogP contribution in [0.1, 0.15) is 54.5 Å². The summed E-state index contributed by atoms with van der Waals surface area (Å²) >= 11 is 0.